The second-order valence-electron chi connectivity index (χ2n) is 8.24. The van der Waals surface area contributed by atoms with Gasteiger partial charge in [0, 0.05) is 0 Å². The lowest BCUT2D eigenvalue weighted by Gasteiger charge is -2.26. The maximum absolute atomic E-state index is 2.59. The lowest BCUT2D eigenvalue weighted by Crippen LogP contribution is -2.12. The van der Waals surface area contributed by atoms with Crippen molar-refractivity contribution in [1.29, 1.82) is 0 Å². The maximum atomic E-state index is 2.59. The van der Waals surface area contributed by atoms with Gasteiger partial charge in [-0.05, 0) is 75.0 Å². The van der Waals surface area contributed by atoms with Crippen LogP contribution in [0.4, 0.5) is 0 Å². The highest BCUT2D eigenvalue weighted by Crippen LogP contribution is 2.33. The Hall–Kier alpha value is -0.520. The molecule has 3 saturated carbocycles. The van der Waals surface area contributed by atoms with Crippen LogP contribution in [0.2, 0.25) is 0 Å². The van der Waals surface area contributed by atoms with Crippen LogP contribution < -0.4 is 0 Å². The zero-order valence-electron chi connectivity index (χ0n) is 14.5. The summed E-state index contributed by atoms with van der Waals surface area (Å²) in [5, 5.41) is 0. The molecule has 0 spiro atoms. The van der Waals surface area contributed by atoms with E-state index in [1.54, 1.807) is 0 Å². The van der Waals surface area contributed by atoms with Gasteiger partial charge in [0.2, 0.25) is 0 Å². The zero-order valence-corrected chi connectivity index (χ0v) is 14.5. The molecular formula is C22H36. The zero-order chi connectivity index (χ0) is 15.0. The Morgan fingerprint density at radius 3 is 0.909 bits per heavy atom. The molecule has 3 aliphatic rings. The van der Waals surface area contributed by atoms with Gasteiger partial charge in [0.05, 0.1) is 0 Å². The lowest BCUT2D eigenvalue weighted by molar-refractivity contribution is 0.349. The Bertz CT molecular complexity index is 308. The molecule has 0 saturated heterocycles. The minimum Gasteiger partial charge on any atom is -0.0851 e. The fraction of sp³-hybridized carbons (Fsp3) is 0.818. The topological polar surface area (TPSA) is 0 Å². The van der Waals surface area contributed by atoms with Crippen LogP contribution in [0.5, 0.6) is 0 Å². The highest BCUT2D eigenvalue weighted by molar-refractivity contribution is 4.99. The van der Waals surface area contributed by atoms with Gasteiger partial charge >= 0.3 is 0 Å². The Morgan fingerprint density at radius 2 is 0.591 bits per heavy atom. The molecule has 0 amide bonds. The van der Waals surface area contributed by atoms with Crippen molar-refractivity contribution in [1.82, 2.24) is 0 Å². The molecule has 3 rings (SSSR count). The third-order valence-electron chi connectivity index (χ3n) is 6.43. The van der Waals surface area contributed by atoms with Gasteiger partial charge in [-0.2, -0.15) is 0 Å². The highest BCUT2D eigenvalue weighted by Gasteiger charge is 2.19. The van der Waals surface area contributed by atoms with Gasteiger partial charge in [0.25, 0.3) is 0 Å². The lowest BCUT2D eigenvalue weighted by atomic mass is 9.79. The molecule has 0 heterocycles. The van der Waals surface area contributed by atoms with E-state index in [1.807, 2.05) is 0 Å². The Kier molecular flexibility index (Phi) is 6.64. The van der Waals surface area contributed by atoms with E-state index in [0.717, 1.165) is 23.7 Å². The molecule has 0 N–H and O–H groups in total. The van der Waals surface area contributed by atoms with Crippen LogP contribution in [0.25, 0.3) is 0 Å². The average molecular weight is 301 g/mol. The van der Waals surface area contributed by atoms with Crippen LogP contribution >= 0.6 is 0 Å². The van der Waals surface area contributed by atoms with Crippen molar-refractivity contribution < 1.29 is 0 Å². The molecule has 0 nitrogen and oxygen atoms in total. The van der Waals surface area contributed by atoms with E-state index in [-0.39, 0.29) is 0 Å². The predicted octanol–water partition coefficient (Wildman–Crippen LogP) is 7.07. The van der Waals surface area contributed by atoms with E-state index in [1.165, 1.54) is 89.9 Å². The normalized spacial score (nSPS) is 32.9. The van der Waals surface area contributed by atoms with Crippen molar-refractivity contribution in [2.75, 3.05) is 0 Å². The molecule has 22 heavy (non-hydrogen) atoms. The quantitative estimate of drug-likeness (QED) is 0.487. The van der Waals surface area contributed by atoms with E-state index in [2.05, 4.69) is 24.3 Å². The van der Waals surface area contributed by atoms with Crippen LogP contribution in [-0.2, 0) is 0 Å². The van der Waals surface area contributed by atoms with Crippen molar-refractivity contribution in [3.05, 3.63) is 24.3 Å². The fourth-order valence-corrected chi connectivity index (χ4v) is 4.81. The van der Waals surface area contributed by atoms with E-state index in [4.69, 9.17) is 0 Å². The average Bonchev–Trinajstić information content (AvgIpc) is 2.61. The molecule has 0 aliphatic heterocycles. The third-order valence-corrected chi connectivity index (χ3v) is 6.43. The Labute approximate surface area is 138 Å². The largest absolute Gasteiger partial charge is 0.0851 e. The number of allylic oxidation sites excluding steroid dienone is 4. The van der Waals surface area contributed by atoms with Crippen molar-refractivity contribution in [2.24, 2.45) is 23.7 Å². The number of hydrogen-bond acceptors (Lipinski definition) is 0. The first-order valence-electron chi connectivity index (χ1n) is 10.3. The van der Waals surface area contributed by atoms with Crippen molar-refractivity contribution in [3.8, 4) is 0 Å². The Morgan fingerprint density at radius 1 is 0.318 bits per heavy atom. The summed E-state index contributed by atoms with van der Waals surface area (Å²) in [6.07, 6.45) is 30.7. The van der Waals surface area contributed by atoms with Gasteiger partial charge in [-0.1, -0.05) is 62.8 Å². The fourth-order valence-electron chi connectivity index (χ4n) is 4.81. The van der Waals surface area contributed by atoms with Gasteiger partial charge in [-0.15, -0.1) is 0 Å². The minimum absolute atomic E-state index is 0.890. The van der Waals surface area contributed by atoms with Crippen molar-refractivity contribution in [2.45, 2.75) is 89.9 Å². The minimum atomic E-state index is 0.890. The second-order valence-corrected chi connectivity index (χ2v) is 8.24. The van der Waals surface area contributed by atoms with Gasteiger partial charge in [0.15, 0.2) is 0 Å². The summed E-state index contributed by atoms with van der Waals surface area (Å²) in [5.74, 6) is 3.61. The first-order valence-corrected chi connectivity index (χ1v) is 10.3. The summed E-state index contributed by atoms with van der Waals surface area (Å²) in [4.78, 5) is 0. The van der Waals surface area contributed by atoms with E-state index in [9.17, 15) is 0 Å². The summed E-state index contributed by atoms with van der Waals surface area (Å²) in [6, 6.07) is 0. The van der Waals surface area contributed by atoms with Crippen LogP contribution in [-0.4, -0.2) is 0 Å². The van der Waals surface area contributed by atoms with Crippen LogP contribution in [0.3, 0.4) is 0 Å². The molecule has 0 aromatic rings. The van der Waals surface area contributed by atoms with Gasteiger partial charge < -0.3 is 0 Å². The number of hydrogen-bond donors (Lipinski definition) is 0. The molecular weight excluding hydrogens is 264 g/mol. The molecule has 0 atom stereocenters. The van der Waals surface area contributed by atoms with E-state index in [0.29, 0.717) is 0 Å². The van der Waals surface area contributed by atoms with Crippen LogP contribution in [0.15, 0.2) is 24.3 Å². The van der Waals surface area contributed by atoms with Gasteiger partial charge in [-0.3, -0.25) is 0 Å². The molecule has 0 bridgehead atoms. The summed E-state index contributed by atoms with van der Waals surface area (Å²) < 4.78 is 0. The summed E-state index contributed by atoms with van der Waals surface area (Å²) in [7, 11) is 0. The predicted molar refractivity (Wildman–Crippen MR) is 96.9 cm³/mol. The molecule has 0 unspecified atom stereocenters. The number of rotatable bonds is 4. The summed E-state index contributed by atoms with van der Waals surface area (Å²) >= 11 is 0. The molecule has 3 aliphatic carbocycles. The molecule has 0 heteroatoms. The smallest absolute Gasteiger partial charge is 0.0233 e. The molecule has 124 valence electrons. The molecule has 0 aromatic carbocycles. The molecule has 3 fully saturated rings. The SMILES string of the molecule is C(=C\C1CCC(/C=C/C2CCCCC2)CC1)/C1CCCCC1. The van der Waals surface area contributed by atoms with Crippen molar-refractivity contribution in [3.63, 3.8) is 0 Å². The first-order chi connectivity index (χ1) is 10.9. The third kappa shape index (κ3) is 5.28. The van der Waals surface area contributed by atoms with Gasteiger partial charge in [-0.25, -0.2) is 0 Å². The molecule has 0 radical (unpaired) electrons. The van der Waals surface area contributed by atoms with E-state index >= 15 is 0 Å². The second kappa shape index (κ2) is 8.94. The van der Waals surface area contributed by atoms with Crippen LogP contribution in [0.1, 0.15) is 89.9 Å². The van der Waals surface area contributed by atoms with E-state index < -0.39 is 0 Å². The standard InChI is InChI=1S/C22H36/c1-3-7-19(8-4-1)11-13-21-15-17-22(18-16-21)14-12-20-9-5-2-6-10-20/h11-14,19-22H,1-10,15-18H2/b13-11+,14-12+. The summed E-state index contributed by atoms with van der Waals surface area (Å²) in [5.41, 5.74) is 0. The maximum Gasteiger partial charge on any atom is -0.0233 e. The highest BCUT2D eigenvalue weighted by atomic mass is 14.2. The van der Waals surface area contributed by atoms with Gasteiger partial charge in [0.1, 0.15) is 0 Å². The Balaban J connectivity index is 1.36. The molecule has 0 aromatic heterocycles. The van der Waals surface area contributed by atoms with Crippen molar-refractivity contribution >= 4 is 0 Å². The van der Waals surface area contributed by atoms with Crippen LogP contribution in [0, 0.1) is 23.7 Å². The first kappa shape index (κ1) is 16.3. The summed E-state index contributed by atoms with van der Waals surface area (Å²) in [6.45, 7) is 0. The monoisotopic (exact) mass is 300 g/mol.